The van der Waals surface area contributed by atoms with Crippen LogP contribution in [0.15, 0.2) is 47.5 Å². The number of anilines is 1. The van der Waals surface area contributed by atoms with Crippen LogP contribution in [0.4, 0.5) is 10.1 Å². The highest BCUT2D eigenvalue weighted by molar-refractivity contribution is 6.32. The number of carbonyl (C=O) groups is 1. The summed E-state index contributed by atoms with van der Waals surface area (Å²) in [6.45, 7) is 6.15. The quantitative estimate of drug-likeness (QED) is 0.693. The van der Waals surface area contributed by atoms with E-state index in [2.05, 4.69) is 14.8 Å². The van der Waals surface area contributed by atoms with Crippen molar-refractivity contribution in [2.75, 3.05) is 63.9 Å². The summed E-state index contributed by atoms with van der Waals surface area (Å²) in [5.41, 5.74) is 2.21. The number of aliphatic hydroxyl groups excluding tert-OH is 1. The first kappa shape index (κ1) is 22.9. The van der Waals surface area contributed by atoms with E-state index in [1.807, 2.05) is 6.07 Å². The molecule has 0 spiro atoms. The number of benzodiazepines with no additional fused rings is 1. The van der Waals surface area contributed by atoms with Crippen LogP contribution in [0.5, 0.6) is 0 Å². The molecule has 32 heavy (non-hydrogen) atoms. The Bertz CT molecular complexity index is 992. The topological polar surface area (TPSA) is 59.4 Å². The van der Waals surface area contributed by atoms with Gasteiger partial charge in [-0.3, -0.25) is 14.7 Å². The van der Waals surface area contributed by atoms with E-state index in [9.17, 15) is 9.18 Å². The lowest BCUT2D eigenvalue weighted by Crippen LogP contribution is -2.47. The van der Waals surface area contributed by atoms with Gasteiger partial charge in [0.05, 0.1) is 18.0 Å². The summed E-state index contributed by atoms with van der Waals surface area (Å²) >= 11 is 6.27. The number of hydrogen-bond donors (Lipinski definition) is 1. The standard InChI is InChI=1S/C24H28ClFN4O2/c25-18-6-7-22-20(16-18)24(19-4-1-2-5-21(19)26)27-17-23(32)30(22)9-3-8-28-10-12-29(13-11-28)14-15-31/h1-2,4-7,16,31H,3,8-15,17H2. The molecule has 0 radical (unpaired) electrons. The number of carbonyl (C=O) groups excluding carboxylic acids is 1. The SMILES string of the molecule is O=C1CN=C(c2ccccc2F)c2cc(Cl)ccc2N1CCCN1CCN(CCO)CC1. The van der Waals surface area contributed by atoms with E-state index in [0.717, 1.165) is 45.7 Å². The zero-order valence-corrected chi connectivity index (χ0v) is 18.8. The Kier molecular flexibility index (Phi) is 7.52. The minimum Gasteiger partial charge on any atom is -0.395 e. The normalized spacial score (nSPS) is 17.8. The van der Waals surface area contributed by atoms with E-state index in [4.69, 9.17) is 16.7 Å². The predicted molar refractivity (Wildman–Crippen MR) is 125 cm³/mol. The summed E-state index contributed by atoms with van der Waals surface area (Å²) < 4.78 is 14.5. The van der Waals surface area contributed by atoms with Crippen molar-refractivity contribution < 1.29 is 14.3 Å². The number of amides is 1. The maximum absolute atomic E-state index is 14.5. The molecular weight excluding hydrogens is 431 g/mol. The highest BCUT2D eigenvalue weighted by Gasteiger charge is 2.26. The highest BCUT2D eigenvalue weighted by atomic mass is 35.5. The van der Waals surface area contributed by atoms with Crippen molar-refractivity contribution in [3.05, 3.63) is 64.4 Å². The molecule has 2 aliphatic heterocycles. The van der Waals surface area contributed by atoms with Crippen molar-refractivity contribution in [3.63, 3.8) is 0 Å². The summed E-state index contributed by atoms with van der Waals surface area (Å²) in [6, 6.07) is 11.8. The van der Waals surface area contributed by atoms with E-state index in [-0.39, 0.29) is 24.9 Å². The fourth-order valence-electron chi connectivity index (χ4n) is 4.34. The van der Waals surface area contributed by atoms with Gasteiger partial charge in [0.2, 0.25) is 5.91 Å². The minimum atomic E-state index is -0.376. The first-order valence-corrected chi connectivity index (χ1v) is 11.4. The molecule has 2 aromatic carbocycles. The van der Waals surface area contributed by atoms with Gasteiger partial charge in [0, 0.05) is 55.4 Å². The molecule has 0 atom stereocenters. The lowest BCUT2D eigenvalue weighted by Gasteiger charge is -2.34. The van der Waals surface area contributed by atoms with Crippen molar-refractivity contribution in [2.45, 2.75) is 6.42 Å². The van der Waals surface area contributed by atoms with Gasteiger partial charge in [-0.05, 0) is 43.3 Å². The van der Waals surface area contributed by atoms with Gasteiger partial charge in [-0.1, -0.05) is 23.7 Å². The van der Waals surface area contributed by atoms with Crippen LogP contribution in [0.2, 0.25) is 5.02 Å². The van der Waals surface area contributed by atoms with Crippen molar-refractivity contribution in [3.8, 4) is 0 Å². The summed E-state index contributed by atoms with van der Waals surface area (Å²) in [4.78, 5) is 23.9. The molecule has 0 bridgehead atoms. The molecule has 0 aliphatic carbocycles. The van der Waals surface area contributed by atoms with Gasteiger partial charge in [-0.2, -0.15) is 0 Å². The van der Waals surface area contributed by atoms with Gasteiger partial charge in [0.25, 0.3) is 0 Å². The second-order valence-corrected chi connectivity index (χ2v) is 8.55. The Balaban J connectivity index is 1.49. The van der Waals surface area contributed by atoms with Gasteiger partial charge in [0.1, 0.15) is 12.4 Å². The number of hydrogen-bond acceptors (Lipinski definition) is 5. The Hall–Kier alpha value is -2.32. The van der Waals surface area contributed by atoms with Crippen LogP contribution < -0.4 is 4.90 Å². The summed E-state index contributed by atoms with van der Waals surface area (Å²) in [5.74, 6) is -0.480. The smallest absolute Gasteiger partial charge is 0.248 e. The molecule has 8 heteroatoms. The molecule has 1 fully saturated rings. The Morgan fingerprint density at radius 1 is 0.969 bits per heavy atom. The molecule has 6 nitrogen and oxygen atoms in total. The number of piperazine rings is 1. The molecule has 0 saturated carbocycles. The van der Waals surface area contributed by atoms with Crippen LogP contribution >= 0.6 is 11.6 Å². The number of aliphatic hydroxyl groups is 1. The zero-order valence-electron chi connectivity index (χ0n) is 18.0. The van der Waals surface area contributed by atoms with E-state index in [1.165, 1.54) is 6.07 Å². The lowest BCUT2D eigenvalue weighted by atomic mass is 9.99. The molecule has 170 valence electrons. The third kappa shape index (κ3) is 5.18. The second kappa shape index (κ2) is 10.5. The van der Waals surface area contributed by atoms with E-state index in [0.29, 0.717) is 34.1 Å². The van der Waals surface area contributed by atoms with E-state index >= 15 is 0 Å². The molecule has 0 aromatic heterocycles. The van der Waals surface area contributed by atoms with Crippen LogP contribution in [-0.4, -0.2) is 85.5 Å². The van der Waals surface area contributed by atoms with Crippen LogP contribution in [0, 0.1) is 5.82 Å². The number of β-amino-alcohol motifs (C(OH)–C–C–N with tert-alkyl or cyclic N) is 1. The van der Waals surface area contributed by atoms with Crippen LogP contribution in [0.1, 0.15) is 17.5 Å². The molecule has 0 unspecified atom stereocenters. The first-order chi connectivity index (χ1) is 15.6. The van der Waals surface area contributed by atoms with E-state index in [1.54, 1.807) is 35.2 Å². The molecule has 2 aliphatic rings. The molecule has 1 amide bonds. The van der Waals surface area contributed by atoms with Crippen LogP contribution in [-0.2, 0) is 4.79 Å². The zero-order chi connectivity index (χ0) is 22.5. The predicted octanol–water partition coefficient (Wildman–Crippen LogP) is 2.66. The van der Waals surface area contributed by atoms with Gasteiger partial charge >= 0.3 is 0 Å². The average Bonchev–Trinajstić information content (AvgIpc) is 2.92. The van der Waals surface area contributed by atoms with Gasteiger partial charge in [-0.25, -0.2) is 4.39 Å². The number of halogens is 2. The molecule has 2 aromatic rings. The van der Waals surface area contributed by atoms with Crippen LogP contribution in [0.3, 0.4) is 0 Å². The van der Waals surface area contributed by atoms with Crippen LogP contribution in [0.25, 0.3) is 0 Å². The molecule has 4 rings (SSSR count). The van der Waals surface area contributed by atoms with Gasteiger partial charge in [-0.15, -0.1) is 0 Å². The van der Waals surface area contributed by atoms with E-state index < -0.39 is 0 Å². The third-order valence-corrected chi connectivity index (χ3v) is 6.28. The maximum Gasteiger partial charge on any atom is 0.248 e. The fourth-order valence-corrected chi connectivity index (χ4v) is 4.52. The van der Waals surface area contributed by atoms with Crippen molar-refractivity contribution in [1.82, 2.24) is 9.80 Å². The number of fused-ring (bicyclic) bond motifs is 1. The Morgan fingerprint density at radius 3 is 2.41 bits per heavy atom. The summed E-state index contributed by atoms with van der Waals surface area (Å²) in [5, 5.41) is 9.61. The Morgan fingerprint density at radius 2 is 1.69 bits per heavy atom. The van der Waals surface area contributed by atoms with Crippen molar-refractivity contribution in [2.24, 2.45) is 4.99 Å². The fraction of sp³-hybridized carbons (Fsp3) is 0.417. The number of aliphatic imine (C=N–C) groups is 1. The highest BCUT2D eigenvalue weighted by Crippen LogP contribution is 2.30. The average molecular weight is 459 g/mol. The molecule has 1 saturated heterocycles. The molecule has 1 N–H and O–H groups in total. The number of benzene rings is 2. The first-order valence-electron chi connectivity index (χ1n) is 11.0. The Labute approximate surface area is 192 Å². The summed E-state index contributed by atoms with van der Waals surface area (Å²) in [6.07, 6.45) is 0.822. The largest absolute Gasteiger partial charge is 0.395 e. The summed E-state index contributed by atoms with van der Waals surface area (Å²) in [7, 11) is 0. The lowest BCUT2D eigenvalue weighted by molar-refractivity contribution is -0.117. The number of rotatable bonds is 7. The molecule has 2 heterocycles. The second-order valence-electron chi connectivity index (χ2n) is 8.11. The monoisotopic (exact) mass is 458 g/mol. The number of nitrogens with zero attached hydrogens (tertiary/aromatic N) is 4. The van der Waals surface area contributed by atoms with Crippen molar-refractivity contribution in [1.29, 1.82) is 0 Å². The van der Waals surface area contributed by atoms with Crippen molar-refractivity contribution >= 4 is 28.9 Å². The maximum atomic E-state index is 14.5. The minimum absolute atomic E-state index is 0.0319. The molecular formula is C24H28ClFN4O2. The third-order valence-electron chi connectivity index (χ3n) is 6.04. The van der Waals surface area contributed by atoms with Gasteiger partial charge < -0.3 is 14.9 Å². The van der Waals surface area contributed by atoms with Gasteiger partial charge in [0.15, 0.2) is 0 Å².